The van der Waals surface area contributed by atoms with E-state index in [0.717, 1.165) is 77.0 Å². The number of hydrogen-bond acceptors (Lipinski definition) is 7. The number of quaternary nitrogens is 1. The summed E-state index contributed by atoms with van der Waals surface area (Å²) in [5.74, 6) is -2.00. The normalized spacial score (nSPS) is 13.2. The summed E-state index contributed by atoms with van der Waals surface area (Å²) in [5, 5.41) is 9.70. The predicted octanol–water partition coefficient (Wildman–Crippen LogP) is 16.5. The molecular weight excluding hydrogens is 863 g/mol. The highest BCUT2D eigenvalue weighted by atomic mass is 16.7. The fraction of sp³-hybridized carbons (Fsp3) is 0.783. The van der Waals surface area contributed by atoms with E-state index in [1.54, 1.807) is 0 Å². The monoisotopic (exact) mass is 971 g/mol. The third kappa shape index (κ3) is 52.6. The van der Waals surface area contributed by atoms with Crippen molar-refractivity contribution < 1.29 is 42.9 Å². The molecular formula is C60H108NO8+. The molecule has 0 saturated heterocycles. The van der Waals surface area contributed by atoms with Gasteiger partial charge in [-0.1, -0.05) is 235 Å². The molecule has 2 unspecified atom stereocenters. The average Bonchev–Trinajstić information content (AvgIpc) is 3.31. The van der Waals surface area contributed by atoms with Crippen LogP contribution in [0.3, 0.4) is 0 Å². The molecule has 0 aliphatic rings. The SMILES string of the molecule is CC/C=C\C/C=C\C/C=C\C/C=C\C/C=C\CCCCCCCCCCCC(=O)OC(COC(=O)CCCCCCCCCCCCCCCCCCCCC)COC(OCC[N+](C)(C)C)C(=O)O. The van der Waals surface area contributed by atoms with Gasteiger partial charge in [-0.05, 0) is 57.8 Å². The van der Waals surface area contributed by atoms with Crippen molar-refractivity contribution in [2.75, 3.05) is 47.5 Å². The second kappa shape index (κ2) is 51.3. The lowest BCUT2D eigenvalue weighted by molar-refractivity contribution is -0.870. The molecule has 0 aromatic carbocycles. The van der Waals surface area contributed by atoms with Crippen LogP contribution >= 0.6 is 0 Å². The summed E-state index contributed by atoms with van der Waals surface area (Å²) in [7, 11) is 5.97. The van der Waals surface area contributed by atoms with Crippen LogP contribution < -0.4 is 0 Å². The van der Waals surface area contributed by atoms with Gasteiger partial charge in [0.05, 0.1) is 34.4 Å². The molecule has 9 heteroatoms. The number of allylic oxidation sites excluding steroid dienone is 10. The van der Waals surface area contributed by atoms with Crippen molar-refractivity contribution in [2.45, 2.75) is 257 Å². The third-order valence-corrected chi connectivity index (χ3v) is 12.3. The molecule has 0 heterocycles. The molecule has 400 valence electrons. The van der Waals surface area contributed by atoms with Crippen LogP contribution in [0, 0.1) is 0 Å². The van der Waals surface area contributed by atoms with Crippen LogP contribution in [-0.2, 0) is 33.3 Å². The summed E-state index contributed by atoms with van der Waals surface area (Å²) < 4.78 is 22.9. The Morgan fingerprint density at radius 2 is 0.826 bits per heavy atom. The Balaban J connectivity index is 4.27. The minimum atomic E-state index is -1.51. The largest absolute Gasteiger partial charge is 0.477 e. The van der Waals surface area contributed by atoms with Crippen LogP contribution in [0.5, 0.6) is 0 Å². The summed E-state index contributed by atoms with van der Waals surface area (Å²) in [5.41, 5.74) is 0. The van der Waals surface area contributed by atoms with E-state index in [2.05, 4.69) is 74.6 Å². The van der Waals surface area contributed by atoms with Gasteiger partial charge in [0.2, 0.25) is 0 Å². The Labute approximate surface area is 425 Å². The maximum atomic E-state index is 12.9. The van der Waals surface area contributed by atoms with Crippen LogP contribution in [0.2, 0.25) is 0 Å². The highest BCUT2D eigenvalue weighted by molar-refractivity contribution is 5.71. The van der Waals surface area contributed by atoms with E-state index in [0.29, 0.717) is 23.9 Å². The van der Waals surface area contributed by atoms with E-state index >= 15 is 0 Å². The number of ether oxygens (including phenoxy) is 4. The molecule has 0 amide bonds. The number of carboxylic acids is 1. The number of nitrogens with zero attached hydrogens (tertiary/aromatic N) is 1. The van der Waals surface area contributed by atoms with E-state index < -0.39 is 24.3 Å². The van der Waals surface area contributed by atoms with Gasteiger partial charge in [-0.15, -0.1) is 0 Å². The van der Waals surface area contributed by atoms with E-state index in [-0.39, 0.29) is 32.2 Å². The number of hydrogen-bond donors (Lipinski definition) is 1. The summed E-state index contributed by atoms with van der Waals surface area (Å²) >= 11 is 0. The number of rotatable bonds is 52. The van der Waals surface area contributed by atoms with E-state index in [1.165, 1.54) is 135 Å². The lowest BCUT2D eigenvalue weighted by Crippen LogP contribution is -2.40. The molecule has 0 spiro atoms. The standard InChI is InChI=1S/C60H107NO8/c1-6-8-10-12-14-16-18-20-22-24-26-27-28-29-30-31-33-35-37-39-41-43-45-47-49-51-58(63)69-56(55-68-60(59(64)65)66-53-52-61(3,4)5)54-67-57(62)50-48-46-44-42-40-38-36-34-32-25-23-21-19-17-15-13-11-9-7-2/h8,10,14,16,20,22,26-27,29-30,56,60H,6-7,9,11-13,15,17-19,21,23-25,28,31-55H2,1-5H3/p+1/b10-8-,16-14-,22-20-,27-26-,30-29-. The van der Waals surface area contributed by atoms with Crippen molar-refractivity contribution in [2.24, 2.45) is 0 Å². The molecule has 0 aliphatic carbocycles. The van der Waals surface area contributed by atoms with Gasteiger partial charge < -0.3 is 28.5 Å². The smallest absolute Gasteiger partial charge is 0.361 e. The number of carbonyl (C=O) groups excluding carboxylic acids is 2. The van der Waals surface area contributed by atoms with Crippen molar-refractivity contribution >= 4 is 17.9 Å². The Bertz CT molecular complexity index is 1310. The van der Waals surface area contributed by atoms with Gasteiger partial charge in [0.1, 0.15) is 13.2 Å². The van der Waals surface area contributed by atoms with Crippen LogP contribution in [0.15, 0.2) is 60.8 Å². The van der Waals surface area contributed by atoms with E-state index in [4.69, 9.17) is 18.9 Å². The minimum Gasteiger partial charge on any atom is -0.477 e. The molecule has 0 aliphatic heterocycles. The first-order chi connectivity index (χ1) is 33.6. The van der Waals surface area contributed by atoms with Gasteiger partial charge in [-0.2, -0.15) is 0 Å². The van der Waals surface area contributed by atoms with Gasteiger partial charge in [0.25, 0.3) is 6.29 Å². The molecule has 0 aromatic rings. The molecule has 2 atom stereocenters. The molecule has 0 aromatic heterocycles. The molecule has 0 rings (SSSR count). The van der Waals surface area contributed by atoms with Gasteiger partial charge in [0, 0.05) is 12.8 Å². The summed E-state index contributed by atoms with van der Waals surface area (Å²) in [6.07, 6.45) is 61.4. The maximum absolute atomic E-state index is 12.9. The topological polar surface area (TPSA) is 108 Å². The van der Waals surface area contributed by atoms with Crippen molar-refractivity contribution in [3.63, 3.8) is 0 Å². The molecule has 0 bridgehead atoms. The van der Waals surface area contributed by atoms with Crippen molar-refractivity contribution in [1.29, 1.82) is 0 Å². The molecule has 9 nitrogen and oxygen atoms in total. The van der Waals surface area contributed by atoms with Crippen LogP contribution in [-0.4, -0.2) is 87.4 Å². The second-order valence-corrected chi connectivity index (χ2v) is 20.2. The van der Waals surface area contributed by atoms with Gasteiger partial charge in [0.15, 0.2) is 6.10 Å². The summed E-state index contributed by atoms with van der Waals surface area (Å²) in [6, 6.07) is 0. The highest BCUT2D eigenvalue weighted by Gasteiger charge is 2.25. The molecule has 1 N–H and O–H groups in total. The lowest BCUT2D eigenvalue weighted by atomic mass is 10.0. The van der Waals surface area contributed by atoms with Crippen LogP contribution in [0.25, 0.3) is 0 Å². The fourth-order valence-corrected chi connectivity index (χ4v) is 7.92. The molecule has 69 heavy (non-hydrogen) atoms. The first kappa shape index (κ1) is 66.0. The minimum absolute atomic E-state index is 0.183. The highest BCUT2D eigenvalue weighted by Crippen LogP contribution is 2.16. The number of aliphatic carboxylic acids is 1. The molecule has 0 fully saturated rings. The third-order valence-electron chi connectivity index (χ3n) is 12.3. The first-order valence-corrected chi connectivity index (χ1v) is 28.5. The van der Waals surface area contributed by atoms with Crippen molar-refractivity contribution in [3.8, 4) is 0 Å². The summed E-state index contributed by atoms with van der Waals surface area (Å²) in [6.45, 7) is 4.78. The number of carboxylic acid groups (broad SMARTS) is 1. The average molecular weight is 972 g/mol. The zero-order valence-corrected chi connectivity index (χ0v) is 45.5. The van der Waals surface area contributed by atoms with E-state index in [9.17, 15) is 19.5 Å². The Morgan fingerprint density at radius 1 is 0.449 bits per heavy atom. The predicted molar refractivity (Wildman–Crippen MR) is 290 cm³/mol. The molecule has 0 radical (unpaired) electrons. The first-order valence-electron chi connectivity index (χ1n) is 28.5. The van der Waals surface area contributed by atoms with Crippen LogP contribution in [0.1, 0.15) is 245 Å². The van der Waals surface area contributed by atoms with Crippen molar-refractivity contribution in [1.82, 2.24) is 0 Å². The quantitative estimate of drug-likeness (QED) is 0.0211. The van der Waals surface area contributed by atoms with Gasteiger partial charge in [-0.25, -0.2) is 4.79 Å². The zero-order chi connectivity index (χ0) is 50.6. The Hall–Kier alpha value is -3.01. The maximum Gasteiger partial charge on any atom is 0.361 e. The second-order valence-electron chi connectivity index (χ2n) is 20.2. The number of carbonyl (C=O) groups is 3. The Kier molecular flexibility index (Phi) is 49.1. The zero-order valence-electron chi connectivity index (χ0n) is 45.5. The van der Waals surface area contributed by atoms with Gasteiger partial charge in [-0.3, -0.25) is 9.59 Å². The van der Waals surface area contributed by atoms with Crippen molar-refractivity contribution in [3.05, 3.63) is 60.8 Å². The lowest BCUT2D eigenvalue weighted by Gasteiger charge is -2.25. The number of esters is 2. The van der Waals surface area contributed by atoms with E-state index in [1.807, 2.05) is 21.1 Å². The summed E-state index contributed by atoms with van der Waals surface area (Å²) in [4.78, 5) is 37.4. The fourth-order valence-electron chi connectivity index (χ4n) is 7.92. The van der Waals surface area contributed by atoms with Gasteiger partial charge >= 0.3 is 17.9 Å². The van der Waals surface area contributed by atoms with Crippen LogP contribution in [0.4, 0.5) is 0 Å². The molecule has 0 saturated carbocycles. The number of likely N-dealkylation sites (N-methyl/N-ethyl adjacent to an activating group) is 1. The number of unbranched alkanes of at least 4 members (excludes halogenated alkanes) is 27. The Morgan fingerprint density at radius 3 is 1.23 bits per heavy atom.